The van der Waals surface area contributed by atoms with Gasteiger partial charge in [0.2, 0.25) is 0 Å². The molecule has 0 heterocycles. The fourth-order valence-electron chi connectivity index (χ4n) is 2.13. The van der Waals surface area contributed by atoms with Crippen molar-refractivity contribution in [3.05, 3.63) is 47.6 Å². The van der Waals surface area contributed by atoms with Gasteiger partial charge in [-0.05, 0) is 30.4 Å². The second-order valence-electron chi connectivity index (χ2n) is 4.02. The average Bonchev–Trinajstić information content (AvgIpc) is 2.30. The first-order valence-electron chi connectivity index (χ1n) is 5.01. The Morgan fingerprint density at radius 3 is 2.92 bits per heavy atom. The lowest BCUT2D eigenvalue weighted by molar-refractivity contribution is 0.490. The Labute approximate surface area is 80.3 Å². The van der Waals surface area contributed by atoms with Crippen molar-refractivity contribution >= 4 is 0 Å². The molecule has 0 aliphatic heterocycles. The Morgan fingerprint density at radius 1 is 1.23 bits per heavy atom. The monoisotopic (exact) mass is 172 g/mol. The third-order valence-corrected chi connectivity index (χ3v) is 3.01. The number of fused-ring (bicyclic) bond motifs is 1. The molecule has 0 amide bonds. The van der Waals surface area contributed by atoms with Crippen LogP contribution in [0.2, 0.25) is 0 Å². The van der Waals surface area contributed by atoms with E-state index in [1.165, 1.54) is 17.6 Å². The van der Waals surface area contributed by atoms with Gasteiger partial charge in [0, 0.05) is 5.92 Å². The molecule has 2 unspecified atom stereocenters. The fourth-order valence-corrected chi connectivity index (χ4v) is 2.13. The van der Waals surface area contributed by atoms with Crippen LogP contribution >= 0.6 is 0 Å². The van der Waals surface area contributed by atoms with Crippen molar-refractivity contribution < 1.29 is 0 Å². The molecular formula is C13H16. The van der Waals surface area contributed by atoms with Crippen LogP contribution < -0.4 is 0 Å². The highest BCUT2D eigenvalue weighted by Gasteiger charge is 2.21. The molecule has 0 radical (unpaired) electrons. The van der Waals surface area contributed by atoms with E-state index in [0.717, 1.165) is 5.92 Å². The lowest BCUT2D eigenvalue weighted by Crippen LogP contribution is -2.13. The minimum Gasteiger partial charge on any atom is -0.0842 e. The zero-order valence-electron chi connectivity index (χ0n) is 8.33. The predicted octanol–water partition coefficient (Wildman–Crippen LogP) is 3.64. The van der Waals surface area contributed by atoms with Crippen LogP contribution in [0.3, 0.4) is 0 Å². The van der Waals surface area contributed by atoms with E-state index in [1.807, 2.05) is 0 Å². The first-order valence-corrected chi connectivity index (χ1v) is 5.01. The molecule has 2 atom stereocenters. The van der Waals surface area contributed by atoms with E-state index in [4.69, 9.17) is 0 Å². The van der Waals surface area contributed by atoms with Gasteiger partial charge in [0.25, 0.3) is 0 Å². The Hall–Kier alpha value is -1.04. The van der Waals surface area contributed by atoms with Crippen molar-refractivity contribution in [1.29, 1.82) is 0 Å². The zero-order chi connectivity index (χ0) is 9.26. The number of hydrogen-bond acceptors (Lipinski definition) is 0. The molecule has 0 aromatic carbocycles. The summed E-state index contributed by atoms with van der Waals surface area (Å²) in [4.78, 5) is 0. The molecule has 0 aromatic rings. The van der Waals surface area contributed by atoms with E-state index < -0.39 is 0 Å². The summed E-state index contributed by atoms with van der Waals surface area (Å²) in [5, 5.41) is 0. The highest BCUT2D eigenvalue weighted by molar-refractivity contribution is 5.43. The van der Waals surface area contributed by atoms with Gasteiger partial charge in [-0.15, -0.1) is 0 Å². The lowest BCUT2D eigenvalue weighted by atomic mass is 9.80. The highest BCUT2D eigenvalue weighted by atomic mass is 14.3. The van der Waals surface area contributed by atoms with Gasteiger partial charge in [-0.25, -0.2) is 0 Å². The Kier molecular flexibility index (Phi) is 2.22. The maximum Gasteiger partial charge on any atom is 0.00523 e. The quantitative estimate of drug-likeness (QED) is 0.523. The zero-order valence-corrected chi connectivity index (χ0v) is 8.33. The molecule has 0 bridgehead atoms. The fraction of sp³-hybridized carbons (Fsp3) is 0.385. The van der Waals surface area contributed by atoms with Gasteiger partial charge in [0.05, 0.1) is 0 Å². The summed E-state index contributed by atoms with van der Waals surface area (Å²) in [6.45, 7) is 4.53. The van der Waals surface area contributed by atoms with E-state index >= 15 is 0 Å². The van der Waals surface area contributed by atoms with E-state index in [9.17, 15) is 0 Å². The van der Waals surface area contributed by atoms with E-state index in [1.54, 1.807) is 0 Å². The minimum atomic E-state index is 0.639. The minimum absolute atomic E-state index is 0.639. The number of rotatable bonds is 0. The van der Waals surface area contributed by atoms with Crippen LogP contribution in [0.25, 0.3) is 0 Å². The van der Waals surface area contributed by atoms with Crippen molar-refractivity contribution in [3.8, 4) is 0 Å². The van der Waals surface area contributed by atoms with Crippen LogP contribution in [0.1, 0.15) is 20.3 Å². The molecule has 0 nitrogen and oxygen atoms in total. The summed E-state index contributed by atoms with van der Waals surface area (Å²) in [6.07, 6.45) is 14.7. The van der Waals surface area contributed by atoms with Gasteiger partial charge in [0.15, 0.2) is 0 Å². The van der Waals surface area contributed by atoms with Crippen molar-refractivity contribution in [2.75, 3.05) is 0 Å². The summed E-state index contributed by atoms with van der Waals surface area (Å²) >= 11 is 0. The van der Waals surface area contributed by atoms with Crippen molar-refractivity contribution in [2.45, 2.75) is 20.3 Å². The maximum absolute atomic E-state index is 2.33. The summed E-state index contributed by atoms with van der Waals surface area (Å²) in [6, 6.07) is 0. The molecule has 2 aliphatic carbocycles. The Balaban J connectivity index is 2.38. The predicted molar refractivity (Wildman–Crippen MR) is 57.4 cm³/mol. The summed E-state index contributed by atoms with van der Waals surface area (Å²) in [7, 11) is 0. The second-order valence-corrected chi connectivity index (χ2v) is 4.02. The normalized spacial score (nSPS) is 31.8. The van der Waals surface area contributed by atoms with Gasteiger partial charge < -0.3 is 0 Å². The van der Waals surface area contributed by atoms with Gasteiger partial charge in [-0.1, -0.05) is 43.4 Å². The van der Waals surface area contributed by atoms with E-state index in [0.29, 0.717) is 5.92 Å². The first kappa shape index (κ1) is 8.55. The smallest absolute Gasteiger partial charge is 0.00523 e. The molecule has 13 heavy (non-hydrogen) atoms. The van der Waals surface area contributed by atoms with Crippen molar-refractivity contribution in [1.82, 2.24) is 0 Å². The molecular weight excluding hydrogens is 156 g/mol. The molecule has 0 N–H and O–H groups in total. The third-order valence-electron chi connectivity index (χ3n) is 3.01. The molecule has 68 valence electrons. The summed E-state index contributed by atoms with van der Waals surface area (Å²) in [5.74, 6) is 1.38. The topological polar surface area (TPSA) is 0 Å². The van der Waals surface area contributed by atoms with Gasteiger partial charge in [0.1, 0.15) is 0 Å². The van der Waals surface area contributed by atoms with Crippen LogP contribution in [0, 0.1) is 11.8 Å². The highest BCUT2D eigenvalue weighted by Crippen LogP contribution is 2.34. The van der Waals surface area contributed by atoms with Crippen LogP contribution in [-0.2, 0) is 0 Å². The van der Waals surface area contributed by atoms with Crippen LogP contribution in [0.5, 0.6) is 0 Å². The molecule has 0 heteroatoms. The summed E-state index contributed by atoms with van der Waals surface area (Å²) < 4.78 is 0. The average molecular weight is 172 g/mol. The molecule has 0 saturated heterocycles. The number of allylic oxidation sites excluding steroid dienone is 8. The van der Waals surface area contributed by atoms with E-state index in [-0.39, 0.29) is 0 Å². The van der Waals surface area contributed by atoms with Crippen LogP contribution in [-0.4, -0.2) is 0 Å². The lowest BCUT2D eigenvalue weighted by Gasteiger charge is -2.24. The van der Waals surface area contributed by atoms with Crippen molar-refractivity contribution in [3.63, 3.8) is 0 Å². The van der Waals surface area contributed by atoms with E-state index in [2.05, 4.69) is 50.3 Å². The summed E-state index contributed by atoms with van der Waals surface area (Å²) in [5.41, 5.74) is 2.93. The molecule has 0 spiro atoms. The molecule has 2 aliphatic rings. The van der Waals surface area contributed by atoms with Crippen LogP contribution in [0.15, 0.2) is 47.6 Å². The van der Waals surface area contributed by atoms with Crippen LogP contribution in [0.4, 0.5) is 0 Å². The molecule has 2 rings (SSSR count). The van der Waals surface area contributed by atoms with Crippen molar-refractivity contribution in [2.24, 2.45) is 11.8 Å². The Morgan fingerprint density at radius 2 is 2.08 bits per heavy atom. The van der Waals surface area contributed by atoms with Gasteiger partial charge in [-0.2, -0.15) is 0 Å². The maximum atomic E-state index is 2.33. The van der Waals surface area contributed by atoms with Gasteiger partial charge in [-0.3, -0.25) is 0 Å². The second kappa shape index (κ2) is 3.37. The molecule has 0 fully saturated rings. The third kappa shape index (κ3) is 1.53. The molecule has 0 saturated carbocycles. The standard InChI is InChI=1S/C13H16/c1-10-6-3-4-8-12-11(2)7-5-9-13(10)12/h3-5,7-10,13H,6H2,1-2H3. The largest absolute Gasteiger partial charge is 0.0842 e. The van der Waals surface area contributed by atoms with Gasteiger partial charge >= 0.3 is 0 Å². The Bertz CT molecular complexity index is 313. The SMILES string of the molecule is CC1=CC=CC2C1=CC=CCC2C. The first-order chi connectivity index (χ1) is 6.29. The number of hydrogen-bond donors (Lipinski definition) is 0. The molecule has 0 aromatic heterocycles.